The van der Waals surface area contributed by atoms with E-state index in [1.807, 2.05) is 31.3 Å². The molecular formula is C18H33Cl2N5O. The van der Waals surface area contributed by atoms with Gasteiger partial charge in [0, 0.05) is 44.5 Å². The van der Waals surface area contributed by atoms with Gasteiger partial charge in [0.25, 0.3) is 0 Å². The molecule has 1 aromatic rings. The highest BCUT2D eigenvalue weighted by molar-refractivity contribution is 5.85. The molecule has 150 valence electrons. The fourth-order valence-electron chi connectivity index (χ4n) is 3.34. The minimum absolute atomic E-state index is 0. The third kappa shape index (κ3) is 7.66. The molecule has 0 radical (unpaired) electrons. The molecule has 1 unspecified atom stereocenters. The van der Waals surface area contributed by atoms with Crippen molar-refractivity contribution in [2.75, 3.05) is 44.2 Å². The molecule has 1 aliphatic heterocycles. The van der Waals surface area contributed by atoms with E-state index in [0.29, 0.717) is 19.0 Å². The molecule has 26 heavy (non-hydrogen) atoms. The quantitative estimate of drug-likeness (QED) is 0.724. The minimum atomic E-state index is -0.318. The Kier molecular flexibility index (Phi) is 11.1. The minimum Gasteiger partial charge on any atom is -0.354 e. The van der Waals surface area contributed by atoms with Crippen molar-refractivity contribution >= 4 is 36.5 Å². The van der Waals surface area contributed by atoms with Gasteiger partial charge in [-0.15, -0.1) is 24.8 Å². The molecule has 0 saturated carbocycles. The van der Waals surface area contributed by atoms with Crippen LogP contribution in [0, 0.1) is 5.92 Å². The Morgan fingerprint density at radius 1 is 1.27 bits per heavy atom. The summed E-state index contributed by atoms with van der Waals surface area (Å²) in [5.41, 5.74) is 5.56. The van der Waals surface area contributed by atoms with E-state index in [0.717, 1.165) is 38.4 Å². The number of anilines is 1. The lowest BCUT2D eigenvalue weighted by molar-refractivity contribution is -0.124. The molecule has 1 fully saturated rings. The van der Waals surface area contributed by atoms with E-state index in [9.17, 15) is 4.79 Å². The number of hydrogen-bond acceptors (Lipinski definition) is 5. The van der Waals surface area contributed by atoms with Crippen LogP contribution in [0.1, 0.15) is 27.2 Å². The van der Waals surface area contributed by atoms with Crippen LogP contribution in [0.25, 0.3) is 0 Å². The molecule has 1 atom stereocenters. The van der Waals surface area contributed by atoms with E-state index < -0.39 is 0 Å². The Morgan fingerprint density at radius 3 is 2.42 bits per heavy atom. The van der Waals surface area contributed by atoms with Crippen LogP contribution in [0.5, 0.6) is 0 Å². The number of carbonyl (C=O) groups is 1. The van der Waals surface area contributed by atoms with E-state index in [4.69, 9.17) is 5.73 Å². The van der Waals surface area contributed by atoms with Gasteiger partial charge >= 0.3 is 0 Å². The number of hydrogen-bond donors (Lipinski definition) is 2. The Morgan fingerprint density at radius 2 is 1.92 bits per heavy atom. The molecule has 0 spiro atoms. The fourth-order valence-corrected chi connectivity index (χ4v) is 3.34. The van der Waals surface area contributed by atoms with Gasteiger partial charge in [-0.2, -0.15) is 0 Å². The Bertz CT molecular complexity index is 524. The second-order valence-corrected chi connectivity index (χ2v) is 7.36. The van der Waals surface area contributed by atoms with E-state index in [1.165, 1.54) is 0 Å². The zero-order valence-electron chi connectivity index (χ0n) is 16.0. The monoisotopic (exact) mass is 405 g/mol. The van der Waals surface area contributed by atoms with Crippen molar-refractivity contribution in [1.82, 2.24) is 15.2 Å². The molecule has 0 aliphatic carbocycles. The summed E-state index contributed by atoms with van der Waals surface area (Å²) in [5, 5.41) is 3.13. The first-order chi connectivity index (χ1) is 11.4. The lowest BCUT2D eigenvalue weighted by atomic mass is 9.90. The topological polar surface area (TPSA) is 74.5 Å². The summed E-state index contributed by atoms with van der Waals surface area (Å²) in [7, 11) is 0. The molecule has 8 heteroatoms. The van der Waals surface area contributed by atoms with Crippen LogP contribution in [-0.2, 0) is 4.79 Å². The number of pyridine rings is 1. The molecule has 1 aliphatic rings. The van der Waals surface area contributed by atoms with Crippen LogP contribution >= 0.6 is 24.8 Å². The first-order valence-electron chi connectivity index (χ1n) is 8.81. The first-order valence-corrected chi connectivity index (χ1v) is 8.81. The number of nitrogens with two attached hydrogens (primary N) is 1. The Hall–Kier alpha value is -1.08. The van der Waals surface area contributed by atoms with E-state index in [-0.39, 0.29) is 36.3 Å². The number of rotatable bonds is 7. The van der Waals surface area contributed by atoms with Crippen molar-refractivity contribution in [1.29, 1.82) is 0 Å². The Balaban J connectivity index is 0.00000312. The van der Waals surface area contributed by atoms with Crippen LogP contribution in [0.4, 0.5) is 5.82 Å². The van der Waals surface area contributed by atoms with Crippen molar-refractivity contribution in [3.8, 4) is 0 Å². The number of carbonyl (C=O) groups excluding carboxylic acids is 1. The summed E-state index contributed by atoms with van der Waals surface area (Å²) in [6, 6.07) is 5.96. The lowest BCUT2D eigenvalue weighted by Crippen LogP contribution is -2.56. The predicted molar refractivity (Wildman–Crippen MR) is 112 cm³/mol. The third-order valence-corrected chi connectivity index (χ3v) is 4.46. The van der Waals surface area contributed by atoms with Gasteiger partial charge in [-0.25, -0.2) is 4.98 Å². The summed E-state index contributed by atoms with van der Waals surface area (Å²) in [6.45, 7) is 10.8. The van der Waals surface area contributed by atoms with E-state index >= 15 is 0 Å². The molecule has 1 aromatic heterocycles. The normalized spacial score (nSPS) is 17.0. The highest BCUT2D eigenvalue weighted by Gasteiger charge is 2.27. The van der Waals surface area contributed by atoms with Gasteiger partial charge in [-0.3, -0.25) is 9.69 Å². The van der Waals surface area contributed by atoms with Crippen molar-refractivity contribution < 1.29 is 4.79 Å². The number of nitrogens with one attached hydrogen (secondary N) is 1. The first kappa shape index (κ1) is 24.9. The lowest BCUT2D eigenvalue weighted by Gasteiger charge is -2.36. The molecule has 2 rings (SSSR count). The molecular weight excluding hydrogens is 373 g/mol. The smallest absolute Gasteiger partial charge is 0.234 e. The zero-order valence-corrected chi connectivity index (χ0v) is 17.6. The number of amides is 1. The SMILES string of the molecule is CC(C)CC(C)(CN)NC(=O)CN1CCN(c2ccccn2)CC1.Cl.Cl. The molecule has 1 amide bonds. The second-order valence-electron chi connectivity index (χ2n) is 7.36. The van der Waals surface area contributed by atoms with Gasteiger partial charge < -0.3 is 16.0 Å². The summed E-state index contributed by atoms with van der Waals surface area (Å²) in [6.07, 6.45) is 2.71. The number of aromatic nitrogens is 1. The van der Waals surface area contributed by atoms with Gasteiger partial charge in [0.1, 0.15) is 5.82 Å². The van der Waals surface area contributed by atoms with E-state index in [2.05, 4.69) is 33.9 Å². The van der Waals surface area contributed by atoms with Crippen molar-refractivity contribution in [3.63, 3.8) is 0 Å². The van der Waals surface area contributed by atoms with Gasteiger partial charge in [-0.05, 0) is 31.4 Å². The van der Waals surface area contributed by atoms with Gasteiger partial charge in [0.15, 0.2) is 0 Å². The molecule has 2 heterocycles. The van der Waals surface area contributed by atoms with Crippen LogP contribution < -0.4 is 16.0 Å². The molecule has 6 nitrogen and oxygen atoms in total. The van der Waals surface area contributed by atoms with Gasteiger partial charge in [-0.1, -0.05) is 19.9 Å². The van der Waals surface area contributed by atoms with Crippen molar-refractivity contribution in [2.24, 2.45) is 11.7 Å². The highest BCUT2D eigenvalue weighted by Crippen LogP contribution is 2.16. The second kappa shape index (κ2) is 11.6. The number of nitrogens with zero attached hydrogens (tertiary/aromatic N) is 3. The summed E-state index contributed by atoms with van der Waals surface area (Å²) in [5.74, 6) is 1.57. The predicted octanol–water partition coefficient (Wildman–Crippen LogP) is 1.93. The molecule has 3 N–H and O–H groups in total. The summed E-state index contributed by atoms with van der Waals surface area (Å²) < 4.78 is 0. The fraction of sp³-hybridized carbons (Fsp3) is 0.667. The van der Waals surface area contributed by atoms with Crippen LogP contribution in [0.2, 0.25) is 0 Å². The maximum Gasteiger partial charge on any atom is 0.234 e. The zero-order chi connectivity index (χ0) is 17.6. The third-order valence-electron chi connectivity index (χ3n) is 4.46. The number of halogens is 2. The van der Waals surface area contributed by atoms with Crippen LogP contribution in [0.3, 0.4) is 0 Å². The van der Waals surface area contributed by atoms with Crippen LogP contribution in [0.15, 0.2) is 24.4 Å². The maximum absolute atomic E-state index is 12.4. The van der Waals surface area contributed by atoms with Gasteiger partial charge in [0.2, 0.25) is 5.91 Å². The molecule has 1 saturated heterocycles. The maximum atomic E-state index is 12.4. The average molecular weight is 406 g/mol. The standard InChI is InChI=1S/C18H31N5O.2ClH/c1-15(2)12-18(3,14-19)21-17(24)13-22-8-10-23(11-9-22)16-6-4-5-7-20-16;;/h4-7,15H,8-14,19H2,1-3H3,(H,21,24);2*1H. The van der Waals surface area contributed by atoms with Crippen molar-refractivity contribution in [3.05, 3.63) is 24.4 Å². The average Bonchev–Trinajstić information content (AvgIpc) is 2.55. The number of piperazine rings is 1. The highest BCUT2D eigenvalue weighted by atomic mass is 35.5. The largest absolute Gasteiger partial charge is 0.354 e. The van der Waals surface area contributed by atoms with Gasteiger partial charge in [0.05, 0.1) is 6.54 Å². The van der Waals surface area contributed by atoms with E-state index in [1.54, 1.807) is 0 Å². The van der Waals surface area contributed by atoms with Crippen molar-refractivity contribution in [2.45, 2.75) is 32.7 Å². The molecule has 0 aromatic carbocycles. The van der Waals surface area contributed by atoms with Crippen LogP contribution in [-0.4, -0.2) is 60.6 Å². The summed E-state index contributed by atoms with van der Waals surface area (Å²) in [4.78, 5) is 21.2. The Labute approximate surface area is 169 Å². The molecule has 0 bridgehead atoms. The summed E-state index contributed by atoms with van der Waals surface area (Å²) >= 11 is 0.